The van der Waals surface area contributed by atoms with Gasteiger partial charge in [0, 0.05) is 5.56 Å². The minimum atomic E-state index is 0.0880. The monoisotopic (exact) mass is 230 g/mol. The van der Waals surface area contributed by atoms with E-state index in [1.54, 1.807) is 12.2 Å². The first-order valence-corrected chi connectivity index (χ1v) is 6.54. The molecule has 0 bridgehead atoms. The normalized spacial score (nSPS) is 10.9. The van der Waals surface area contributed by atoms with E-state index >= 15 is 0 Å². The van der Waals surface area contributed by atoms with E-state index in [9.17, 15) is 4.79 Å². The summed E-state index contributed by atoms with van der Waals surface area (Å²) in [5.74, 6) is 0.0880. The van der Waals surface area contributed by atoms with Crippen molar-refractivity contribution in [1.82, 2.24) is 0 Å². The molecule has 1 aromatic carbocycles. The van der Waals surface area contributed by atoms with Crippen LogP contribution in [0.4, 0.5) is 0 Å². The average Bonchev–Trinajstić information content (AvgIpc) is 2.36. The van der Waals surface area contributed by atoms with Gasteiger partial charge in [-0.2, -0.15) is 0 Å². The first-order chi connectivity index (χ1) is 8.27. The number of rotatable bonds is 7. The Hall–Kier alpha value is -1.37. The Morgan fingerprint density at radius 3 is 2.41 bits per heavy atom. The van der Waals surface area contributed by atoms with Gasteiger partial charge in [-0.05, 0) is 31.4 Å². The van der Waals surface area contributed by atoms with Crippen LogP contribution in [0.15, 0.2) is 36.4 Å². The van der Waals surface area contributed by atoms with Crippen molar-refractivity contribution in [3.8, 4) is 0 Å². The first-order valence-electron chi connectivity index (χ1n) is 6.54. The SMILES string of the molecule is C/C=C/C(=O)c1ccc(CCCCCC)cc1. The lowest BCUT2D eigenvalue weighted by molar-refractivity contribution is 0.104. The number of carbonyl (C=O) groups is 1. The molecule has 0 radical (unpaired) electrons. The highest BCUT2D eigenvalue weighted by Gasteiger charge is 2.00. The van der Waals surface area contributed by atoms with Crippen molar-refractivity contribution in [3.63, 3.8) is 0 Å². The van der Waals surface area contributed by atoms with Crippen LogP contribution in [0.25, 0.3) is 0 Å². The number of allylic oxidation sites excluding steroid dienone is 2. The molecule has 0 unspecified atom stereocenters. The lowest BCUT2D eigenvalue weighted by Crippen LogP contribution is -1.94. The van der Waals surface area contributed by atoms with Crippen molar-refractivity contribution in [2.24, 2.45) is 0 Å². The van der Waals surface area contributed by atoms with Gasteiger partial charge in [-0.15, -0.1) is 0 Å². The zero-order valence-electron chi connectivity index (χ0n) is 10.9. The molecule has 0 spiro atoms. The molecule has 0 aliphatic rings. The van der Waals surface area contributed by atoms with Crippen LogP contribution >= 0.6 is 0 Å². The third kappa shape index (κ3) is 4.99. The molecule has 0 aromatic heterocycles. The highest BCUT2D eigenvalue weighted by Crippen LogP contribution is 2.10. The maximum absolute atomic E-state index is 11.6. The van der Waals surface area contributed by atoms with E-state index in [0.29, 0.717) is 0 Å². The summed E-state index contributed by atoms with van der Waals surface area (Å²) in [5, 5.41) is 0. The van der Waals surface area contributed by atoms with Crippen LogP contribution in [0.5, 0.6) is 0 Å². The summed E-state index contributed by atoms with van der Waals surface area (Å²) in [6, 6.07) is 8.00. The van der Waals surface area contributed by atoms with Crippen molar-refractivity contribution in [3.05, 3.63) is 47.5 Å². The Bertz CT molecular complexity index is 360. The van der Waals surface area contributed by atoms with Crippen LogP contribution in [0.2, 0.25) is 0 Å². The smallest absolute Gasteiger partial charge is 0.185 e. The fourth-order valence-electron chi connectivity index (χ4n) is 1.84. The predicted octanol–water partition coefficient (Wildman–Crippen LogP) is 4.57. The van der Waals surface area contributed by atoms with Gasteiger partial charge in [0.1, 0.15) is 0 Å². The van der Waals surface area contributed by atoms with Crippen LogP contribution in [0, 0.1) is 0 Å². The minimum absolute atomic E-state index is 0.0880. The summed E-state index contributed by atoms with van der Waals surface area (Å²) < 4.78 is 0. The Labute approximate surface area is 105 Å². The zero-order chi connectivity index (χ0) is 12.5. The topological polar surface area (TPSA) is 17.1 Å². The molecule has 1 nitrogen and oxygen atoms in total. The van der Waals surface area contributed by atoms with Crippen LogP contribution in [-0.2, 0) is 6.42 Å². The minimum Gasteiger partial charge on any atom is -0.289 e. The second-order valence-electron chi connectivity index (χ2n) is 4.37. The number of ketones is 1. The van der Waals surface area contributed by atoms with Gasteiger partial charge in [0.15, 0.2) is 5.78 Å². The maximum atomic E-state index is 11.6. The van der Waals surface area contributed by atoms with Crippen LogP contribution in [0.1, 0.15) is 55.5 Å². The third-order valence-electron chi connectivity index (χ3n) is 2.88. The van der Waals surface area contributed by atoms with E-state index in [-0.39, 0.29) is 5.78 Å². The number of benzene rings is 1. The molecule has 0 amide bonds. The van der Waals surface area contributed by atoms with Gasteiger partial charge in [-0.1, -0.05) is 56.5 Å². The summed E-state index contributed by atoms with van der Waals surface area (Å²) in [6.07, 6.45) is 9.65. The molecule has 0 aliphatic carbocycles. The number of carbonyl (C=O) groups excluding carboxylic acids is 1. The summed E-state index contributed by atoms with van der Waals surface area (Å²) in [5.41, 5.74) is 2.11. The van der Waals surface area contributed by atoms with Crippen molar-refractivity contribution in [2.45, 2.75) is 46.0 Å². The number of hydrogen-bond donors (Lipinski definition) is 0. The summed E-state index contributed by atoms with van der Waals surface area (Å²) in [7, 11) is 0. The molecule has 92 valence electrons. The summed E-state index contributed by atoms with van der Waals surface area (Å²) in [4.78, 5) is 11.6. The van der Waals surface area contributed by atoms with Gasteiger partial charge < -0.3 is 0 Å². The zero-order valence-corrected chi connectivity index (χ0v) is 10.9. The summed E-state index contributed by atoms with van der Waals surface area (Å²) >= 11 is 0. The second kappa shape index (κ2) is 7.83. The lowest BCUT2D eigenvalue weighted by atomic mass is 10.0. The van der Waals surface area contributed by atoms with Crippen molar-refractivity contribution in [1.29, 1.82) is 0 Å². The second-order valence-corrected chi connectivity index (χ2v) is 4.37. The van der Waals surface area contributed by atoms with Crippen molar-refractivity contribution in [2.75, 3.05) is 0 Å². The molecule has 1 heteroatoms. The Morgan fingerprint density at radius 1 is 1.12 bits per heavy atom. The molecule has 17 heavy (non-hydrogen) atoms. The predicted molar refractivity (Wildman–Crippen MR) is 73.4 cm³/mol. The molecule has 1 aromatic rings. The molecule has 0 atom stereocenters. The molecule has 0 heterocycles. The van der Waals surface area contributed by atoms with E-state index in [2.05, 4.69) is 19.1 Å². The Kier molecular flexibility index (Phi) is 6.31. The van der Waals surface area contributed by atoms with Crippen molar-refractivity contribution < 1.29 is 4.79 Å². The van der Waals surface area contributed by atoms with E-state index in [0.717, 1.165) is 12.0 Å². The standard InChI is InChI=1S/C16H22O/c1-3-5-6-7-9-14-10-12-15(13-11-14)16(17)8-4-2/h4,8,10-13H,3,5-7,9H2,1-2H3/b8-4+. The van der Waals surface area contributed by atoms with Gasteiger partial charge in [-0.25, -0.2) is 0 Å². The molecular weight excluding hydrogens is 208 g/mol. The molecule has 0 fully saturated rings. The quantitative estimate of drug-likeness (QED) is 0.381. The Balaban J connectivity index is 2.47. The Morgan fingerprint density at radius 2 is 1.82 bits per heavy atom. The molecular formula is C16H22O. The first kappa shape index (κ1) is 13.7. The molecule has 0 aliphatic heterocycles. The van der Waals surface area contributed by atoms with Gasteiger partial charge in [0.05, 0.1) is 0 Å². The highest BCUT2D eigenvalue weighted by molar-refractivity contribution is 6.04. The number of hydrogen-bond acceptors (Lipinski definition) is 1. The fraction of sp³-hybridized carbons (Fsp3) is 0.438. The van der Waals surface area contributed by atoms with Crippen molar-refractivity contribution >= 4 is 5.78 Å². The third-order valence-corrected chi connectivity index (χ3v) is 2.88. The van der Waals surface area contributed by atoms with Crippen LogP contribution in [0.3, 0.4) is 0 Å². The van der Waals surface area contributed by atoms with E-state index < -0.39 is 0 Å². The van der Waals surface area contributed by atoms with E-state index in [1.807, 2.05) is 19.1 Å². The maximum Gasteiger partial charge on any atom is 0.185 e. The summed E-state index contributed by atoms with van der Waals surface area (Å²) in [6.45, 7) is 4.08. The lowest BCUT2D eigenvalue weighted by Gasteiger charge is -2.02. The van der Waals surface area contributed by atoms with Gasteiger partial charge in [0.2, 0.25) is 0 Å². The van der Waals surface area contributed by atoms with E-state index in [4.69, 9.17) is 0 Å². The van der Waals surface area contributed by atoms with Crippen LogP contribution < -0.4 is 0 Å². The number of aryl methyl sites for hydroxylation is 1. The van der Waals surface area contributed by atoms with Gasteiger partial charge in [0.25, 0.3) is 0 Å². The van der Waals surface area contributed by atoms with Crippen LogP contribution in [-0.4, -0.2) is 5.78 Å². The van der Waals surface area contributed by atoms with Gasteiger partial charge >= 0.3 is 0 Å². The molecule has 0 N–H and O–H groups in total. The highest BCUT2D eigenvalue weighted by atomic mass is 16.1. The van der Waals surface area contributed by atoms with Gasteiger partial charge in [-0.3, -0.25) is 4.79 Å². The largest absolute Gasteiger partial charge is 0.289 e. The average molecular weight is 230 g/mol. The fourth-order valence-corrected chi connectivity index (χ4v) is 1.84. The van der Waals surface area contributed by atoms with E-state index in [1.165, 1.54) is 31.2 Å². The molecule has 0 saturated carbocycles. The molecule has 0 saturated heterocycles. The number of unbranched alkanes of at least 4 members (excludes halogenated alkanes) is 3. The molecule has 1 rings (SSSR count).